The van der Waals surface area contributed by atoms with Crippen LogP contribution in [0.25, 0.3) is 10.6 Å². The fourth-order valence-electron chi connectivity index (χ4n) is 2.43. The van der Waals surface area contributed by atoms with Crippen molar-refractivity contribution in [2.75, 3.05) is 18.0 Å². The van der Waals surface area contributed by atoms with Gasteiger partial charge >= 0.3 is 5.97 Å². The van der Waals surface area contributed by atoms with E-state index in [0.29, 0.717) is 41.6 Å². The molecule has 0 radical (unpaired) electrons. The average molecular weight is 386 g/mol. The maximum Gasteiger partial charge on any atom is 0.306 e. The highest BCUT2D eigenvalue weighted by atomic mass is 79.9. The van der Waals surface area contributed by atoms with Gasteiger partial charge in [0.25, 0.3) is 0 Å². The van der Waals surface area contributed by atoms with E-state index in [9.17, 15) is 9.18 Å². The smallest absolute Gasteiger partial charge is 0.306 e. The number of aromatic nitrogens is 2. The average Bonchev–Trinajstić information content (AvgIpc) is 2.99. The van der Waals surface area contributed by atoms with E-state index in [1.54, 1.807) is 12.1 Å². The number of carboxylic acids is 1. The second-order valence-electron chi connectivity index (χ2n) is 5.11. The highest BCUT2D eigenvalue weighted by molar-refractivity contribution is 9.10. The molecule has 1 aliphatic heterocycles. The van der Waals surface area contributed by atoms with Crippen molar-refractivity contribution in [3.63, 3.8) is 0 Å². The topological polar surface area (TPSA) is 66.3 Å². The van der Waals surface area contributed by atoms with Crippen LogP contribution < -0.4 is 4.90 Å². The Balaban J connectivity index is 1.77. The Kier molecular flexibility index (Phi) is 4.39. The van der Waals surface area contributed by atoms with Gasteiger partial charge in [0.15, 0.2) is 5.01 Å². The molecule has 1 saturated heterocycles. The first-order chi connectivity index (χ1) is 10.5. The number of carboxylic acid groups (broad SMARTS) is 1. The quantitative estimate of drug-likeness (QED) is 0.876. The summed E-state index contributed by atoms with van der Waals surface area (Å²) in [6, 6.07) is 4.70. The summed E-state index contributed by atoms with van der Waals surface area (Å²) in [5.41, 5.74) is 0.415. The highest BCUT2D eigenvalue weighted by Gasteiger charge is 2.26. The fraction of sp³-hybridized carbons (Fsp3) is 0.357. The van der Waals surface area contributed by atoms with Gasteiger partial charge in [0, 0.05) is 23.1 Å². The van der Waals surface area contributed by atoms with E-state index in [-0.39, 0.29) is 11.7 Å². The lowest BCUT2D eigenvalue weighted by molar-refractivity contribution is -0.142. The largest absolute Gasteiger partial charge is 0.481 e. The van der Waals surface area contributed by atoms with Crippen molar-refractivity contribution in [3.05, 3.63) is 28.5 Å². The minimum Gasteiger partial charge on any atom is -0.481 e. The third kappa shape index (κ3) is 3.12. The van der Waals surface area contributed by atoms with Gasteiger partial charge in [-0.25, -0.2) is 4.39 Å². The Bertz CT molecular complexity index is 701. The van der Waals surface area contributed by atoms with E-state index >= 15 is 0 Å². The Labute approximate surface area is 138 Å². The standard InChI is InChI=1S/C14H13BrFN3O2S/c15-9-1-2-11(16)10(7-9)12-17-18-14(22-12)19-5-3-8(4-6-19)13(20)21/h1-2,7-8H,3-6H2,(H,20,21). The molecule has 0 aliphatic carbocycles. The van der Waals surface area contributed by atoms with Crippen molar-refractivity contribution in [1.29, 1.82) is 0 Å². The molecule has 116 valence electrons. The molecule has 1 N–H and O–H groups in total. The van der Waals surface area contributed by atoms with Crippen LogP contribution in [0.3, 0.4) is 0 Å². The number of halogens is 2. The molecule has 0 spiro atoms. The van der Waals surface area contributed by atoms with Gasteiger partial charge in [-0.2, -0.15) is 0 Å². The zero-order valence-corrected chi connectivity index (χ0v) is 13.9. The normalized spacial score (nSPS) is 16.0. The van der Waals surface area contributed by atoms with Gasteiger partial charge < -0.3 is 10.0 Å². The molecule has 22 heavy (non-hydrogen) atoms. The van der Waals surface area contributed by atoms with Crippen molar-refractivity contribution in [1.82, 2.24) is 10.2 Å². The lowest BCUT2D eigenvalue weighted by Crippen LogP contribution is -2.36. The summed E-state index contributed by atoms with van der Waals surface area (Å²) in [4.78, 5) is 13.0. The predicted molar refractivity (Wildman–Crippen MR) is 85.6 cm³/mol. The van der Waals surface area contributed by atoms with Crippen LogP contribution in [0, 0.1) is 11.7 Å². The van der Waals surface area contributed by atoms with Gasteiger partial charge in [0.05, 0.1) is 5.92 Å². The van der Waals surface area contributed by atoms with Crippen LogP contribution in [-0.4, -0.2) is 34.4 Å². The van der Waals surface area contributed by atoms with Crippen LogP contribution in [0.15, 0.2) is 22.7 Å². The maximum atomic E-state index is 13.9. The maximum absolute atomic E-state index is 13.9. The zero-order valence-electron chi connectivity index (χ0n) is 11.5. The molecule has 5 nitrogen and oxygen atoms in total. The monoisotopic (exact) mass is 385 g/mol. The number of hydrogen-bond donors (Lipinski definition) is 1. The Morgan fingerprint density at radius 1 is 1.36 bits per heavy atom. The molecule has 3 rings (SSSR count). The zero-order chi connectivity index (χ0) is 15.7. The van der Waals surface area contributed by atoms with E-state index in [0.717, 1.165) is 4.47 Å². The van der Waals surface area contributed by atoms with Gasteiger partial charge in [0.2, 0.25) is 5.13 Å². The second-order valence-corrected chi connectivity index (χ2v) is 6.99. The van der Waals surface area contributed by atoms with Gasteiger partial charge in [-0.3, -0.25) is 4.79 Å². The number of aliphatic carboxylic acids is 1. The van der Waals surface area contributed by atoms with Crippen LogP contribution in [0.5, 0.6) is 0 Å². The fourth-order valence-corrected chi connectivity index (χ4v) is 3.71. The van der Waals surface area contributed by atoms with Crippen molar-refractivity contribution >= 4 is 38.4 Å². The molecular formula is C14H13BrFN3O2S. The van der Waals surface area contributed by atoms with Crippen LogP contribution in [-0.2, 0) is 4.79 Å². The molecule has 1 aromatic heterocycles. The molecule has 0 bridgehead atoms. The van der Waals surface area contributed by atoms with Gasteiger partial charge in [-0.1, -0.05) is 27.3 Å². The van der Waals surface area contributed by atoms with Crippen molar-refractivity contribution in [2.24, 2.45) is 5.92 Å². The van der Waals surface area contributed by atoms with Crippen LogP contribution in [0.1, 0.15) is 12.8 Å². The first-order valence-corrected chi connectivity index (χ1v) is 8.42. The minimum absolute atomic E-state index is 0.286. The molecule has 0 unspecified atom stereocenters. The highest BCUT2D eigenvalue weighted by Crippen LogP contribution is 2.33. The summed E-state index contributed by atoms with van der Waals surface area (Å²) >= 11 is 4.64. The van der Waals surface area contributed by atoms with Crippen LogP contribution in [0.2, 0.25) is 0 Å². The van der Waals surface area contributed by atoms with Crippen LogP contribution in [0.4, 0.5) is 9.52 Å². The van der Waals surface area contributed by atoms with E-state index in [1.807, 2.05) is 4.90 Å². The number of anilines is 1. The molecular weight excluding hydrogens is 373 g/mol. The number of rotatable bonds is 3. The Morgan fingerprint density at radius 3 is 2.77 bits per heavy atom. The lowest BCUT2D eigenvalue weighted by Gasteiger charge is -2.29. The van der Waals surface area contributed by atoms with Gasteiger partial charge in [-0.05, 0) is 31.0 Å². The second kappa shape index (κ2) is 6.29. The Morgan fingerprint density at radius 2 is 2.09 bits per heavy atom. The molecule has 2 heterocycles. The minimum atomic E-state index is -0.742. The van der Waals surface area contributed by atoms with Crippen molar-refractivity contribution in [3.8, 4) is 10.6 Å². The van der Waals surface area contributed by atoms with Gasteiger partial charge in [-0.15, -0.1) is 10.2 Å². The van der Waals surface area contributed by atoms with Gasteiger partial charge in [0.1, 0.15) is 5.82 Å². The SMILES string of the molecule is O=C(O)C1CCN(c2nnc(-c3cc(Br)ccc3F)s2)CC1. The molecule has 1 fully saturated rings. The third-order valence-corrected chi connectivity index (χ3v) is 5.20. The van der Waals surface area contributed by atoms with E-state index in [4.69, 9.17) is 5.11 Å². The Hall–Kier alpha value is -1.54. The van der Waals surface area contributed by atoms with Crippen LogP contribution >= 0.6 is 27.3 Å². The predicted octanol–water partition coefficient (Wildman–Crippen LogP) is 3.41. The third-order valence-electron chi connectivity index (χ3n) is 3.69. The van der Waals surface area contributed by atoms with Crippen molar-refractivity contribution < 1.29 is 14.3 Å². The molecule has 0 atom stereocenters. The molecule has 8 heteroatoms. The number of carbonyl (C=O) groups is 1. The van der Waals surface area contributed by atoms with E-state index < -0.39 is 5.97 Å². The number of benzene rings is 1. The first kappa shape index (κ1) is 15.4. The first-order valence-electron chi connectivity index (χ1n) is 6.81. The molecule has 1 aromatic carbocycles. The van der Waals surface area contributed by atoms with E-state index in [2.05, 4.69) is 26.1 Å². The van der Waals surface area contributed by atoms with Crippen molar-refractivity contribution in [2.45, 2.75) is 12.8 Å². The molecule has 0 saturated carbocycles. The summed E-state index contributed by atoms with van der Waals surface area (Å²) in [7, 11) is 0. The molecule has 1 aliphatic rings. The number of nitrogens with zero attached hydrogens (tertiary/aromatic N) is 3. The summed E-state index contributed by atoms with van der Waals surface area (Å²) in [5.74, 6) is -1.37. The number of hydrogen-bond acceptors (Lipinski definition) is 5. The number of piperidine rings is 1. The summed E-state index contributed by atoms with van der Waals surface area (Å²) in [5, 5.41) is 18.4. The summed E-state index contributed by atoms with van der Waals surface area (Å²) in [6.45, 7) is 1.26. The van der Waals surface area contributed by atoms with E-state index in [1.165, 1.54) is 17.4 Å². The molecule has 0 amide bonds. The lowest BCUT2D eigenvalue weighted by atomic mass is 9.98. The summed E-state index contributed by atoms with van der Waals surface area (Å²) in [6.07, 6.45) is 1.19. The summed E-state index contributed by atoms with van der Waals surface area (Å²) < 4.78 is 14.7. The molecule has 2 aromatic rings.